The highest BCUT2D eigenvalue weighted by atomic mass is 35.5. The van der Waals surface area contributed by atoms with Crippen LogP contribution in [0.1, 0.15) is 49.5 Å². The second-order valence-corrected chi connectivity index (χ2v) is 14.1. The Bertz CT molecular complexity index is 1650. The number of hydrogen-bond donors (Lipinski definition) is 0. The van der Waals surface area contributed by atoms with E-state index in [4.69, 9.17) is 92.8 Å². The molecule has 0 fully saturated rings. The van der Waals surface area contributed by atoms with Crippen LogP contribution in [-0.4, -0.2) is 20.4 Å². The largest absolute Gasteiger partial charge is 0.150 e. The molecule has 2 heterocycles. The lowest BCUT2D eigenvalue weighted by molar-refractivity contribution is 0.780. The molecule has 210 valence electrons. The van der Waals surface area contributed by atoms with Gasteiger partial charge < -0.3 is 0 Å². The average molecular weight is 734 g/mol. The van der Waals surface area contributed by atoms with Crippen molar-refractivity contribution in [2.75, 3.05) is 0 Å². The lowest BCUT2D eigenvalue weighted by Gasteiger charge is -2.19. The van der Waals surface area contributed by atoms with Crippen molar-refractivity contribution in [3.63, 3.8) is 0 Å². The first-order valence-corrected chi connectivity index (χ1v) is 16.9. The van der Waals surface area contributed by atoms with Gasteiger partial charge in [0.2, 0.25) is 0 Å². The number of unbranched alkanes of at least 4 members (excludes halogenated alkanes) is 2. The average Bonchev–Trinajstić information content (AvgIpc) is 3.59. The Morgan fingerprint density at radius 2 is 0.800 bits per heavy atom. The first kappa shape index (κ1) is 31.1. The molecule has 40 heavy (non-hydrogen) atoms. The van der Waals surface area contributed by atoms with Gasteiger partial charge in [0.1, 0.15) is 10.0 Å². The Morgan fingerprint density at radius 3 is 1.15 bits per heavy atom. The van der Waals surface area contributed by atoms with Gasteiger partial charge in [-0.2, -0.15) is 0 Å². The number of nitrogens with zero attached hydrogens (tertiary/aromatic N) is 4. The Hall–Kier alpha value is -0.380. The topological polar surface area (TPSA) is 51.6 Å². The van der Waals surface area contributed by atoms with Gasteiger partial charge in [0.25, 0.3) is 0 Å². The van der Waals surface area contributed by atoms with Gasteiger partial charge in [-0.05, 0) is 12.8 Å². The fraction of sp³-hybridized carbons (Fsp3) is 0.308. The van der Waals surface area contributed by atoms with E-state index in [-0.39, 0.29) is 40.2 Å². The van der Waals surface area contributed by atoms with Gasteiger partial charge in [0, 0.05) is 34.4 Å². The summed E-state index contributed by atoms with van der Waals surface area (Å²) in [5, 5.41) is 22.8. The molecular formula is C26H18Cl8N4S2. The van der Waals surface area contributed by atoms with Crippen LogP contribution in [0, 0.1) is 0 Å². The number of hydrogen-bond acceptors (Lipinski definition) is 6. The number of fused-ring (bicyclic) bond motifs is 2. The van der Waals surface area contributed by atoms with Crippen molar-refractivity contribution in [3.05, 3.63) is 50.2 Å². The molecule has 0 N–H and O–H groups in total. The fourth-order valence-corrected chi connectivity index (χ4v) is 9.36. The molecule has 0 spiro atoms. The van der Waals surface area contributed by atoms with Crippen molar-refractivity contribution in [1.29, 1.82) is 0 Å². The Labute approximate surface area is 278 Å². The summed E-state index contributed by atoms with van der Waals surface area (Å²) in [6.07, 6.45) is 5.64. The molecule has 0 unspecified atom stereocenters. The van der Waals surface area contributed by atoms with Gasteiger partial charge in [-0.1, -0.05) is 142 Å². The third kappa shape index (κ3) is 5.29. The van der Waals surface area contributed by atoms with Crippen molar-refractivity contribution >= 4 is 137 Å². The van der Waals surface area contributed by atoms with E-state index >= 15 is 0 Å². The summed E-state index contributed by atoms with van der Waals surface area (Å²) in [5.41, 5.74) is 0.827. The first-order chi connectivity index (χ1) is 19.1. The van der Waals surface area contributed by atoms with Gasteiger partial charge in [0.05, 0.1) is 51.3 Å². The van der Waals surface area contributed by atoms with Crippen LogP contribution in [-0.2, 0) is 12.8 Å². The maximum Gasteiger partial charge on any atom is 0.150 e. The molecule has 0 aliphatic carbocycles. The fourth-order valence-electron chi connectivity index (χ4n) is 4.34. The highest BCUT2D eigenvalue weighted by molar-refractivity contribution is 7.15. The highest BCUT2D eigenvalue weighted by Gasteiger charge is 2.30. The minimum Gasteiger partial charge on any atom is -0.143 e. The Morgan fingerprint density at radius 1 is 0.450 bits per heavy atom. The quantitative estimate of drug-likeness (QED) is 0.118. The molecule has 4 nitrogen and oxygen atoms in total. The van der Waals surface area contributed by atoms with Crippen molar-refractivity contribution in [2.24, 2.45) is 0 Å². The molecule has 0 saturated carbocycles. The minimum absolute atomic E-state index is 0.150. The second-order valence-electron chi connectivity index (χ2n) is 8.97. The Balaban J connectivity index is 1.81. The van der Waals surface area contributed by atoms with E-state index in [9.17, 15) is 0 Å². The van der Waals surface area contributed by atoms with Crippen LogP contribution in [0.4, 0.5) is 0 Å². The van der Waals surface area contributed by atoms with E-state index < -0.39 is 0 Å². The van der Waals surface area contributed by atoms with E-state index in [1.54, 1.807) is 0 Å². The molecule has 0 saturated heterocycles. The number of aromatic nitrogens is 4. The lowest BCUT2D eigenvalue weighted by Crippen LogP contribution is -1.94. The second kappa shape index (κ2) is 12.7. The van der Waals surface area contributed by atoms with E-state index in [1.807, 2.05) is 0 Å². The van der Waals surface area contributed by atoms with Gasteiger partial charge in [-0.3, -0.25) is 0 Å². The van der Waals surface area contributed by atoms with Crippen LogP contribution >= 0.6 is 115 Å². The maximum absolute atomic E-state index is 7.01. The lowest BCUT2D eigenvalue weighted by atomic mass is 9.99. The predicted octanol–water partition coefficient (Wildman–Crippen LogP) is 12.9. The number of halogens is 8. The number of benzene rings is 3. The third-order valence-electron chi connectivity index (χ3n) is 6.37. The summed E-state index contributed by atoms with van der Waals surface area (Å²) in [4.78, 5) is 0. The molecule has 3 aromatic carbocycles. The zero-order valence-corrected chi connectivity index (χ0v) is 28.6. The molecule has 0 radical (unpaired) electrons. The SMILES string of the molecule is CCCCc1nnc(-c2c(Cl)c(Cl)c3c(Cl)c4c(Cl)c(-c5nnc(CCCC)s5)c(Cl)c(Cl)c4c(Cl)c3c2Cl)s1. The summed E-state index contributed by atoms with van der Waals surface area (Å²) in [7, 11) is 0. The molecule has 2 aromatic heterocycles. The highest BCUT2D eigenvalue weighted by Crippen LogP contribution is 2.57. The molecule has 0 amide bonds. The summed E-state index contributed by atoms with van der Waals surface area (Å²) >= 11 is 58.1. The smallest absolute Gasteiger partial charge is 0.143 e. The van der Waals surface area contributed by atoms with Crippen LogP contribution in [0.3, 0.4) is 0 Å². The van der Waals surface area contributed by atoms with Gasteiger partial charge in [-0.25, -0.2) is 0 Å². The maximum atomic E-state index is 7.01. The van der Waals surface area contributed by atoms with Crippen molar-refractivity contribution < 1.29 is 0 Å². The van der Waals surface area contributed by atoms with Crippen molar-refractivity contribution in [3.8, 4) is 21.1 Å². The van der Waals surface area contributed by atoms with E-state index in [0.717, 1.165) is 48.5 Å². The number of rotatable bonds is 8. The zero-order chi connectivity index (χ0) is 28.9. The van der Waals surface area contributed by atoms with Gasteiger partial charge in [-0.15, -0.1) is 20.4 Å². The normalized spacial score (nSPS) is 11.8. The van der Waals surface area contributed by atoms with E-state index in [2.05, 4.69) is 34.2 Å². The van der Waals surface area contributed by atoms with Crippen molar-refractivity contribution in [1.82, 2.24) is 20.4 Å². The number of aryl methyl sites for hydroxylation is 2. The molecular weight excluding hydrogens is 716 g/mol. The summed E-state index contributed by atoms with van der Waals surface area (Å²) < 4.78 is 0. The van der Waals surface area contributed by atoms with E-state index in [0.29, 0.717) is 42.7 Å². The van der Waals surface area contributed by atoms with E-state index in [1.165, 1.54) is 22.7 Å². The molecule has 14 heteroatoms. The van der Waals surface area contributed by atoms with Crippen molar-refractivity contribution in [2.45, 2.75) is 52.4 Å². The van der Waals surface area contributed by atoms with Gasteiger partial charge >= 0.3 is 0 Å². The third-order valence-corrected chi connectivity index (χ3v) is 11.6. The Kier molecular flexibility index (Phi) is 9.86. The zero-order valence-electron chi connectivity index (χ0n) is 20.9. The van der Waals surface area contributed by atoms with Gasteiger partial charge in [0.15, 0.2) is 10.0 Å². The van der Waals surface area contributed by atoms with Crippen LogP contribution in [0.25, 0.3) is 42.7 Å². The molecule has 5 rings (SSSR count). The molecule has 0 bridgehead atoms. The predicted molar refractivity (Wildman–Crippen MR) is 177 cm³/mol. The summed E-state index contributed by atoms with van der Waals surface area (Å²) in [5.74, 6) is 0. The summed E-state index contributed by atoms with van der Waals surface area (Å²) in [6.45, 7) is 4.22. The molecule has 5 aromatic rings. The molecule has 0 aliphatic rings. The van der Waals surface area contributed by atoms with Crippen LogP contribution in [0.2, 0.25) is 40.2 Å². The molecule has 0 atom stereocenters. The first-order valence-electron chi connectivity index (χ1n) is 12.2. The minimum atomic E-state index is 0.150. The standard InChI is InChI=1S/C26H18Cl8N4S2/c1-3-5-7-9-35-37-25(39-9)15-19(29)11-13(21(31)23(15)33)18(28)12-14(17(11)27)22(32)24(34)16(20(12)30)26-38-36-10(40-26)8-6-4-2/h3-8H2,1-2H3. The van der Waals surface area contributed by atoms with Crippen LogP contribution in [0.15, 0.2) is 0 Å². The van der Waals surface area contributed by atoms with Crippen LogP contribution < -0.4 is 0 Å². The summed E-state index contributed by atoms with van der Waals surface area (Å²) in [6, 6.07) is 0. The monoisotopic (exact) mass is 730 g/mol. The molecule has 0 aliphatic heterocycles. The van der Waals surface area contributed by atoms with Crippen LogP contribution in [0.5, 0.6) is 0 Å².